The van der Waals surface area contributed by atoms with Crippen molar-refractivity contribution in [2.24, 2.45) is 0 Å². The molecule has 226 valence electrons. The van der Waals surface area contributed by atoms with Gasteiger partial charge in [0.15, 0.2) is 0 Å². The number of nitrogens with one attached hydrogen (secondary N) is 3. The first kappa shape index (κ1) is 32.1. The number of nitrogens with zero attached hydrogens (tertiary/aromatic N) is 1. The lowest BCUT2D eigenvalue weighted by Crippen LogP contribution is -2.38. The summed E-state index contributed by atoms with van der Waals surface area (Å²) in [7, 11) is 0. The lowest BCUT2D eigenvalue weighted by molar-refractivity contribution is -0.112. The number of carboxylic acid groups (broad SMARTS) is 1. The van der Waals surface area contributed by atoms with E-state index in [1.807, 2.05) is 32.9 Å². The average Bonchev–Trinajstić information content (AvgIpc) is 2.97. The van der Waals surface area contributed by atoms with Crippen molar-refractivity contribution < 1.29 is 19.5 Å². The number of hydrogen-bond acceptors (Lipinski definition) is 4. The van der Waals surface area contributed by atoms with E-state index in [0.717, 1.165) is 24.0 Å². The molecule has 0 aliphatic carbocycles. The topological polar surface area (TPSA) is 123 Å². The Labute approximate surface area is 261 Å². The van der Waals surface area contributed by atoms with Gasteiger partial charge in [-0.05, 0) is 93.1 Å². The molecule has 4 N–H and O–H groups in total. The smallest absolute Gasteiger partial charge is 0.335 e. The standard InChI is InChI=1S/C33H35Cl2N4O4/c1-33(2,3)38-29(22-8-10-24(34)11-9-22)27(19-36)30(40)37-25-12-13-28(35)26(18-25)31(41)39-16-14-21(15-17-39)20-4-6-23(7-5-20)32(42)43/h4-13,18,21,36,38H,14-17,19H2,1-3H3,(H,37,40)(H,42,43)/q-1/b29-27+. The number of rotatable bonds is 8. The van der Waals surface area contributed by atoms with Gasteiger partial charge in [-0.2, -0.15) is 0 Å². The van der Waals surface area contributed by atoms with Gasteiger partial charge >= 0.3 is 5.97 Å². The maximum Gasteiger partial charge on any atom is 0.335 e. The molecule has 3 aromatic carbocycles. The van der Waals surface area contributed by atoms with Crippen LogP contribution in [0.3, 0.4) is 0 Å². The minimum atomic E-state index is -0.960. The van der Waals surface area contributed by atoms with Crippen molar-refractivity contribution in [1.29, 1.82) is 0 Å². The third-order valence-electron chi connectivity index (χ3n) is 7.25. The van der Waals surface area contributed by atoms with Crippen molar-refractivity contribution >= 4 is 52.4 Å². The van der Waals surface area contributed by atoms with Gasteiger partial charge in [-0.3, -0.25) is 9.59 Å². The molecule has 4 rings (SSSR count). The molecule has 8 nitrogen and oxygen atoms in total. The Balaban J connectivity index is 1.50. The highest BCUT2D eigenvalue weighted by atomic mass is 35.5. The van der Waals surface area contributed by atoms with E-state index in [9.17, 15) is 14.4 Å². The second-order valence-electron chi connectivity index (χ2n) is 11.6. The van der Waals surface area contributed by atoms with Crippen molar-refractivity contribution in [2.75, 3.05) is 25.0 Å². The summed E-state index contributed by atoms with van der Waals surface area (Å²) in [4.78, 5) is 39.9. The summed E-state index contributed by atoms with van der Waals surface area (Å²) in [6.45, 7) is 6.67. The Morgan fingerprint density at radius 2 is 1.53 bits per heavy atom. The number of likely N-dealkylation sites (tertiary alicyclic amines) is 1. The van der Waals surface area contributed by atoms with Gasteiger partial charge in [0.1, 0.15) is 0 Å². The molecule has 0 unspecified atom stereocenters. The van der Waals surface area contributed by atoms with E-state index in [1.165, 1.54) is 0 Å². The highest BCUT2D eigenvalue weighted by Gasteiger charge is 2.27. The van der Waals surface area contributed by atoms with Gasteiger partial charge in [-0.25, -0.2) is 4.79 Å². The maximum absolute atomic E-state index is 13.5. The number of carboxylic acids is 1. The molecule has 0 bridgehead atoms. The fraction of sp³-hybridized carbons (Fsp3) is 0.303. The second-order valence-corrected chi connectivity index (χ2v) is 12.4. The Morgan fingerprint density at radius 1 is 0.930 bits per heavy atom. The first-order valence-electron chi connectivity index (χ1n) is 14.0. The molecule has 43 heavy (non-hydrogen) atoms. The van der Waals surface area contributed by atoms with Crippen molar-refractivity contribution in [3.63, 3.8) is 0 Å². The molecule has 0 saturated carbocycles. The van der Waals surface area contributed by atoms with Crippen LogP contribution in [0.1, 0.15) is 71.4 Å². The second kappa shape index (κ2) is 13.6. The molecule has 1 aliphatic rings. The molecule has 3 aromatic rings. The zero-order valence-electron chi connectivity index (χ0n) is 24.3. The number of carbonyl (C=O) groups is 3. The molecule has 1 aliphatic heterocycles. The molecule has 0 atom stereocenters. The Hall–Kier alpha value is -3.85. The van der Waals surface area contributed by atoms with E-state index in [2.05, 4.69) is 10.6 Å². The number of anilines is 1. The van der Waals surface area contributed by atoms with Crippen LogP contribution in [0.2, 0.25) is 10.0 Å². The third-order valence-corrected chi connectivity index (χ3v) is 7.83. The predicted molar refractivity (Wildman–Crippen MR) is 172 cm³/mol. The first-order valence-corrected chi connectivity index (χ1v) is 14.8. The number of amides is 2. The molecular formula is C33H35Cl2N4O4-. The van der Waals surface area contributed by atoms with Gasteiger partial charge in [0, 0.05) is 40.6 Å². The summed E-state index contributed by atoms with van der Waals surface area (Å²) in [6.07, 6.45) is 1.47. The zero-order chi connectivity index (χ0) is 31.3. The molecule has 1 fully saturated rings. The van der Waals surface area contributed by atoms with Gasteiger partial charge in [-0.15, -0.1) is 6.54 Å². The molecule has 10 heteroatoms. The first-order chi connectivity index (χ1) is 20.4. The molecule has 2 amide bonds. The average molecular weight is 623 g/mol. The quantitative estimate of drug-likeness (QED) is 0.225. The van der Waals surface area contributed by atoms with Crippen LogP contribution in [-0.4, -0.2) is 53.0 Å². The molecular weight excluding hydrogens is 587 g/mol. The normalized spacial score (nSPS) is 14.6. The minimum Gasteiger partial charge on any atom is -0.673 e. The van der Waals surface area contributed by atoms with Crippen LogP contribution in [0.4, 0.5) is 5.69 Å². The Kier molecular flexibility index (Phi) is 10.2. The van der Waals surface area contributed by atoms with Crippen LogP contribution in [0.15, 0.2) is 72.3 Å². The van der Waals surface area contributed by atoms with Crippen LogP contribution < -0.4 is 10.6 Å². The fourth-order valence-electron chi connectivity index (χ4n) is 5.05. The number of carbonyl (C=O) groups excluding carboxylic acids is 2. The summed E-state index contributed by atoms with van der Waals surface area (Å²) in [5.41, 5.74) is 11.3. The van der Waals surface area contributed by atoms with Crippen molar-refractivity contribution in [3.8, 4) is 0 Å². The van der Waals surface area contributed by atoms with Crippen LogP contribution in [0.5, 0.6) is 0 Å². The zero-order valence-corrected chi connectivity index (χ0v) is 25.9. The van der Waals surface area contributed by atoms with Crippen molar-refractivity contribution in [3.05, 3.63) is 110 Å². The number of halogens is 2. The van der Waals surface area contributed by atoms with Gasteiger partial charge in [0.25, 0.3) is 11.8 Å². The molecule has 1 heterocycles. The molecule has 0 radical (unpaired) electrons. The van der Waals surface area contributed by atoms with E-state index in [0.29, 0.717) is 29.5 Å². The van der Waals surface area contributed by atoms with Gasteiger partial charge in [-0.1, -0.05) is 47.5 Å². The summed E-state index contributed by atoms with van der Waals surface area (Å²) in [5.74, 6) is -1.43. The van der Waals surface area contributed by atoms with Crippen LogP contribution in [0, 0.1) is 0 Å². The predicted octanol–water partition coefficient (Wildman–Crippen LogP) is 7.50. The summed E-state index contributed by atoms with van der Waals surface area (Å²) in [5, 5.41) is 16.2. The van der Waals surface area contributed by atoms with Gasteiger partial charge < -0.3 is 26.4 Å². The number of benzene rings is 3. The lowest BCUT2D eigenvalue weighted by atomic mass is 9.89. The van der Waals surface area contributed by atoms with E-state index in [-0.39, 0.29) is 45.6 Å². The molecule has 0 spiro atoms. The maximum atomic E-state index is 13.5. The van der Waals surface area contributed by atoms with Crippen LogP contribution in [-0.2, 0) is 4.79 Å². The third kappa shape index (κ3) is 8.16. The van der Waals surface area contributed by atoms with E-state index >= 15 is 0 Å². The fourth-order valence-corrected chi connectivity index (χ4v) is 5.38. The van der Waals surface area contributed by atoms with Gasteiger partial charge in [0.05, 0.1) is 16.1 Å². The minimum absolute atomic E-state index is 0.222. The number of hydrogen-bond donors (Lipinski definition) is 3. The number of piperidine rings is 1. The Morgan fingerprint density at radius 3 is 2.09 bits per heavy atom. The van der Waals surface area contributed by atoms with Crippen molar-refractivity contribution in [1.82, 2.24) is 10.2 Å². The summed E-state index contributed by atoms with van der Waals surface area (Å²) in [6, 6.07) is 18.7. The van der Waals surface area contributed by atoms with Crippen LogP contribution in [0.25, 0.3) is 11.4 Å². The molecule has 1 saturated heterocycles. The van der Waals surface area contributed by atoms with Gasteiger partial charge in [0.2, 0.25) is 0 Å². The van der Waals surface area contributed by atoms with E-state index in [1.54, 1.807) is 59.5 Å². The van der Waals surface area contributed by atoms with Crippen molar-refractivity contribution in [2.45, 2.75) is 45.1 Å². The van der Waals surface area contributed by atoms with Crippen LogP contribution >= 0.6 is 23.2 Å². The molecule has 0 aromatic heterocycles. The monoisotopic (exact) mass is 621 g/mol. The summed E-state index contributed by atoms with van der Waals surface area (Å²) >= 11 is 12.5. The SMILES string of the molecule is CC(C)(C)N/C(=C(\C[NH-])C(=O)Nc1ccc(Cl)c(C(=O)N2CCC(c3ccc(C(=O)O)cc3)CC2)c1)c1ccc(Cl)cc1. The lowest BCUT2D eigenvalue weighted by Gasteiger charge is -2.32. The Bertz CT molecular complexity index is 1520. The largest absolute Gasteiger partial charge is 0.673 e. The highest BCUT2D eigenvalue weighted by Crippen LogP contribution is 2.31. The summed E-state index contributed by atoms with van der Waals surface area (Å²) < 4.78 is 0. The number of aromatic carboxylic acids is 1. The highest BCUT2D eigenvalue weighted by molar-refractivity contribution is 6.34. The van der Waals surface area contributed by atoms with E-state index < -0.39 is 11.9 Å². The van der Waals surface area contributed by atoms with E-state index in [4.69, 9.17) is 34.0 Å².